The van der Waals surface area contributed by atoms with Gasteiger partial charge in [-0.05, 0) is 24.0 Å². The van der Waals surface area contributed by atoms with E-state index in [2.05, 4.69) is 13.8 Å². The second-order valence-electron chi connectivity index (χ2n) is 4.64. The van der Waals surface area contributed by atoms with Gasteiger partial charge in [0.05, 0.1) is 13.2 Å². The highest BCUT2D eigenvalue weighted by Crippen LogP contribution is 2.39. The molecule has 0 aliphatic carbocycles. The number of aliphatic hydroxyl groups is 1. The summed E-state index contributed by atoms with van der Waals surface area (Å²) < 4.78 is 11.5. The van der Waals surface area contributed by atoms with E-state index in [4.69, 9.17) is 14.6 Å². The second-order valence-corrected chi connectivity index (χ2v) is 4.64. The fraction of sp³-hybridized carbons (Fsp3) is 0.571. The van der Waals surface area contributed by atoms with Crippen LogP contribution in [0.15, 0.2) is 12.1 Å². The van der Waals surface area contributed by atoms with Crippen LogP contribution in [0.2, 0.25) is 0 Å². The third-order valence-corrected chi connectivity index (χ3v) is 3.00. The Hall–Kier alpha value is -1.22. The molecule has 1 aromatic carbocycles. The number of ether oxygens (including phenoxy) is 2. The van der Waals surface area contributed by atoms with Crippen LogP contribution in [0.1, 0.15) is 37.3 Å². The number of fused-ring (bicyclic) bond motifs is 1. The monoisotopic (exact) mass is 236 g/mol. The summed E-state index contributed by atoms with van der Waals surface area (Å²) in [4.78, 5) is 0. The maximum atomic E-state index is 9.11. The molecule has 2 rings (SSSR count). The van der Waals surface area contributed by atoms with Crippen molar-refractivity contribution in [1.82, 2.24) is 0 Å². The van der Waals surface area contributed by atoms with Crippen molar-refractivity contribution in [2.24, 2.45) is 0 Å². The number of aliphatic hydroxyl groups excluding tert-OH is 1. The number of hydrogen-bond acceptors (Lipinski definition) is 3. The van der Waals surface area contributed by atoms with E-state index in [-0.39, 0.29) is 6.61 Å². The van der Waals surface area contributed by atoms with Gasteiger partial charge in [-0.25, -0.2) is 0 Å². The predicted molar refractivity (Wildman–Crippen MR) is 66.9 cm³/mol. The standard InChI is InChI=1S/C14H20O3/c1-10(2)13-11(6-7-15)4-5-12-14(13)17-9-3-8-16-12/h4-5,10,15H,3,6-9H2,1-2H3. The molecule has 0 saturated heterocycles. The van der Waals surface area contributed by atoms with E-state index in [1.54, 1.807) is 0 Å². The lowest BCUT2D eigenvalue weighted by molar-refractivity contribution is 0.294. The molecule has 0 radical (unpaired) electrons. The van der Waals surface area contributed by atoms with E-state index < -0.39 is 0 Å². The highest BCUT2D eigenvalue weighted by Gasteiger charge is 2.20. The van der Waals surface area contributed by atoms with Crippen molar-refractivity contribution in [3.63, 3.8) is 0 Å². The molecule has 1 aliphatic heterocycles. The van der Waals surface area contributed by atoms with Crippen molar-refractivity contribution in [2.75, 3.05) is 19.8 Å². The summed E-state index contributed by atoms with van der Waals surface area (Å²) in [5, 5.41) is 9.11. The Labute approximate surface area is 102 Å². The lowest BCUT2D eigenvalue weighted by Gasteiger charge is -2.19. The quantitative estimate of drug-likeness (QED) is 0.876. The van der Waals surface area contributed by atoms with Crippen molar-refractivity contribution < 1.29 is 14.6 Å². The zero-order valence-electron chi connectivity index (χ0n) is 10.5. The van der Waals surface area contributed by atoms with Gasteiger partial charge in [0, 0.05) is 18.6 Å². The van der Waals surface area contributed by atoms with Crippen LogP contribution < -0.4 is 9.47 Å². The molecule has 1 aromatic rings. The molecule has 0 unspecified atom stereocenters. The van der Waals surface area contributed by atoms with Gasteiger partial charge in [-0.1, -0.05) is 19.9 Å². The highest BCUT2D eigenvalue weighted by atomic mass is 16.5. The first kappa shape index (κ1) is 12.2. The summed E-state index contributed by atoms with van der Waals surface area (Å²) in [5.74, 6) is 2.09. The van der Waals surface area contributed by atoms with Gasteiger partial charge >= 0.3 is 0 Å². The second kappa shape index (κ2) is 5.41. The first-order chi connectivity index (χ1) is 8.24. The Balaban J connectivity index is 2.47. The molecule has 94 valence electrons. The van der Waals surface area contributed by atoms with Crippen molar-refractivity contribution >= 4 is 0 Å². The van der Waals surface area contributed by atoms with Crippen LogP contribution >= 0.6 is 0 Å². The number of benzene rings is 1. The van der Waals surface area contributed by atoms with Crippen molar-refractivity contribution in [3.05, 3.63) is 23.3 Å². The van der Waals surface area contributed by atoms with Crippen LogP contribution in [0.5, 0.6) is 11.5 Å². The van der Waals surface area contributed by atoms with Gasteiger partial charge in [-0.3, -0.25) is 0 Å². The molecule has 1 aliphatic rings. The first-order valence-corrected chi connectivity index (χ1v) is 6.26. The van der Waals surface area contributed by atoms with Crippen LogP contribution in [0, 0.1) is 0 Å². The van der Waals surface area contributed by atoms with Gasteiger partial charge in [0.2, 0.25) is 0 Å². The van der Waals surface area contributed by atoms with Gasteiger partial charge in [-0.15, -0.1) is 0 Å². The normalized spacial score (nSPS) is 14.8. The highest BCUT2D eigenvalue weighted by molar-refractivity contribution is 5.52. The smallest absolute Gasteiger partial charge is 0.164 e. The van der Waals surface area contributed by atoms with Crippen LogP contribution in [-0.4, -0.2) is 24.9 Å². The lowest BCUT2D eigenvalue weighted by Crippen LogP contribution is -2.04. The summed E-state index contributed by atoms with van der Waals surface area (Å²) in [6, 6.07) is 4.00. The molecule has 0 atom stereocenters. The van der Waals surface area contributed by atoms with E-state index >= 15 is 0 Å². The predicted octanol–water partition coefficient (Wildman–Crippen LogP) is 2.51. The molecule has 0 amide bonds. The van der Waals surface area contributed by atoms with Crippen LogP contribution in [-0.2, 0) is 6.42 Å². The Morgan fingerprint density at radius 2 is 2.00 bits per heavy atom. The van der Waals surface area contributed by atoms with Gasteiger partial charge in [0.15, 0.2) is 11.5 Å². The summed E-state index contributed by atoms with van der Waals surface area (Å²) in [6.45, 7) is 5.87. The molecule has 3 nitrogen and oxygen atoms in total. The third-order valence-electron chi connectivity index (χ3n) is 3.00. The number of hydrogen-bond donors (Lipinski definition) is 1. The molecular weight excluding hydrogens is 216 g/mol. The fourth-order valence-corrected chi connectivity index (χ4v) is 2.27. The minimum Gasteiger partial charge on any atom is -0.490 e. The Bertz CT molecular complexity index is 385. The molecular formula is C14H20O3. The van der Waals surface area contributed by atoms with Crippen molar-refractivity contribution in [1.29, 1.82) is 0 Å². The van der Waals surface area contributed by atoms with Gasteiger partial charge in [-0.2, -0.15) is 0 Å². The molecule has 0 aromatic heterocycles. The van der Waals surface area contributed by atoms with Crippen molar-refractivity contribution in [2.45, 2.75) is 32.6 Å². The summed E-state index contributed by atoms with van der Waals surface area (Å²) in [6.07, 6.45) is 1.59. The lowest BCUT2D eigenvalue weighted by atomic mass is 9.94. The van der Waals surface area contributed by atoms with E-state index in [1.807, 2.05) is 12.1 Å². The number of rotatable bonds is 3. The molecule has 17 heavy (non-hydrogen) atoms. The van der Waals surface area contributed by atoms with E-state index in [9.17, 15) is 0 Å². The zero-order valence-corrected chi connectivity index (χ0v) is 10.5. The SMILES string of the molecule is CC(C)c1c(CCO)ccc2c1OCCCO2. The van der Waals surface area contributed by atoms with Gasteiger partial charge in [0.1, 0.15) is 0 Å². The summed E-state index contributed by atoms with van der Waals surface area (Å²) in [7, 11) is 0. The maximum Gasteiger partial charge on any atom is 0.164 e. The molecule has 0 bridgehead atoms. The Morgan fingerprint density at radius 3 is 2.71 bits per heavy atom. The Morgan fingerprint density at radius 1 is 1.24 bits per heavy atom. The molecule has 3 heteroatoms. The van der Waals surface area contributed by atoms with Crippen LogP contribution in [0.3, 0.4) is 0 Å². The average Bonchev–Trinajstić information content (AvgIpc) is 2.53. The molecule has 1 heterocycles. The molecule has 1 N–H and O–H groups in total. The first-order valence-electron chi connectivity index (χ1n) is 6.26. The van der Waals surface area contributed by atoms with Crippen molar-refractivity contribution in [3.8, 4) is 11.5 Å². The summed E-state index contributed by atoms with van der Waals surface area (Å²) in [5.41, 5.74) is 2.34. The van der Waals surface area contributed by atoms with Crippen LogP contribution in [0.25, 0.3) is 0 Å². The Kier molecular flexibility index (Phi) is 3.89. The largest absolute Gasteiger partial charge is 0.490 e. The minimum absolute atomic E-state index is 0.166. The molecule has 0 fully saturated rings. The van der Waals surface area contributed by atoms with Gasteiger partial charge < -0.3 is 14.6 Å². The van der Waals surface area contributed by atoms with Gasteiger partial charge in [0.25, 0.3) is 0 Å². The zero-order chi connectivity index (χ0) is 12.3. The molecule has 0 saturated carbocycles. The average molecular weight is 236 g/mol. The fourth-order valence-electron chi connectivity index (χ4n) is 2.27. The van der Waals surface area contributed by atoms with E-state index in [0.29, 0.717) is 25.6 Å². The third kappa shape index (κ3) is 2.55. The van der Waals surface area contributed by atoms with E-state index in [1.165, 1.54) is 5.56 Å². The summed E-state index contributed by atoms with van der Waals surface area (Å²) >= 11 is 0. The van der Waals surface area contributed by atoms with E-state index in [0.717, 1.165) is 23.5 Å². The molecule has 0 spiro atoms. The maximum absolute atomic E-state index is 9.11. The minimum atomic E-state index is 0.166. The topological polar surface area (TPSA) is 38.7 Å². The van der Waals surface area contributed by atoms with Crippen LogP contribution in [0.4, 0.5) is 0 Å².